The minimum Gasteiger partial charge on any atom is -0.481 e. The number of imidazole rings is 1. The Morgan fingerprint density at radius 3 is 2.24 bits per heavy atom. The first-order chi connectivity index (χ1) is 26.6. The zero-order chi connectivity index (χ0) is 44.2. The number of aliphatic hydroxyl groups excluding tert-OH is 2. The lowest BCUT2D eigenvalue weighted by Crippen LogP contribution is -2.46. The molecule has 1 fully saturated rings. The van der Waals surface area contributed by atoms with Gasteiger partial charge in [0.1, 0.15) is 42.7 Å². The fourth-order valence-corrected chi connectivity index (χ4v) is 7.96. The van der Waals surface area contributed by atoms with Gasteiger partial charge in [-0.3, -0.25) is 42.1 Å². The number of nitrogens with one attached hydrogen (secondary N) is 2. The Morgan fingerprint density at radius 1 is 1.02 bits per heavy atom. The smallest absolute Gasteiger partial charge is 0.481 e. The number of amides is 2. The molecule has 1 aliphatic heterocycles. The van der Waals surface area contributed by atoms with Gasteiger partial charge in [-0.15, -0.1) is 0 Å². The summed E-state index contributed by atoms with van der Waals surface area (Å²) in [5.41, 5.74) is 4.19. The minimum atomic E-state index is -5.59. The number of phosphoric ester groups is 3. The SMILES string of the molecule is CC(=O)O.CC(C)(COP(=O)(O)OP(=O)(O)OC[C@H]1O[C@@H](n2cnc3c(N)ncnc32)[C@H](O)[C@@H]1OP(=O)(O)O)[C@@H](O)C(=O)NCCC(=O)NCCSC(=O)CC(=O)O. The number of nitrogens with two attached hydrogens (primary N) is 1. The van der Waals surface area contributed by atoms with E-state index in [9.17, 15) is 62.7 Å². The van der Waals surface area contributed by atoms with Crippen LogP contribution in [0.25, 0.3) is 11.2 Å². The molecule has 3 heterocycles. The van der Waals surface area contributed by atoms with Gasteiger partial charge in [0.05, 0.1) is 19.5 Å². The summed E-state index contributed by atoms with van der Waals surface area (Å²) in [6.45, 7) is 1.22. The molecule has 58 heavy (non-hydrogen) atoms. The molecule has 0 spiro atoms. The Morgan fingerprint density at radius 2 is 1.64 bits per heavy atom. The zero-order valence-corrected chi connectivity index (χ0v) is 34.0. The number of hydrogen-bond acceptors (Lipinski definition) is 20. The number of fused-ring (bicyclic) bond motifs is 1. The standard InChI is InChI=1S/C24H38N7O19P3S.C2H4O2/c1-24(2,19(37)22(38)27-4-3-13(32)26-5-6-54-15(35)7-14(33)34)9-47-53(44,45)50-52(42,43)46-8-12-18(49-51(39,40)41)17(36)23(48-12)31-11-30-16-20(25)28-10-29-21(16)31;1-2(3)4/h10-12,17-19,23,36-37H,3-9H2,1-2H3,(H,26,32)(H,27,38)(H,33,34)(H,42,43)(H,44,45)(H2,25,28,29)(H2,39,40,41);1H3,(H,3,4)/t12-,17-,18-,19+,23-;/m1./s1. The first-order valence-corrected chi connectivity index (χ1v) is 21.6. The second kappa shape index (κ2) is 21.7. The Hall–Kier alpha value is -3.50. The van der Waals surface area contributed by atoms with E-state index in [2.05, 4.69) is 34.4 Å². The second-order valence-electron chi connectivity index (χ2n) is 12.4. The predicted octanol–water partition coefficient (Wildman–Crippen LogP) is -1.77. The van der Waals surface area contributed by atoms with Crippen molar-refractivity contribution in [2.24, 2.45) is 5.41 Å². The number of nitrogen functional groups attached to an aromatic ring is 1. The third-order valence-electron chi connectivity index (χ3n) is 7.06. The van der Waals surface area contributed by atoms with Gasteiger partial charge < -0.3 is 61.1 Å². The molecule has 2 unspecified atom stereocenters. The number of carbonyl (C=O) groups is 5. The van der Waals surface area contributed by atoms with E-state index in [0.717, 1.165) is 35.9 Å². The highest BCUT2D eigenvalue weighted by atomic mass is 32.2. The van der Waals surface area contributed by atoms with Gasteiger partial charge in [0.15, 0.2) is 22.8 Å². The number of rotatable bonds is 21. The van der Waals surface area contributed by atoms with Crippen LogP contribution in [0.3, 0.4) is 0 Å². The average molecular weight is 914 g/mol. The average Bonchev–Trinajstić information content (AvgIpc) is 3.64. The quantitative estimate of drug-likeness (QED) is 0.0375. The number of carboxylic acids is 2. The summed E-state index contributed by atoms with van der Waals surface area (Å²) in [5.74, 6) is -3.63. The van der Waals surface area contributed by atoms with Crippen molar-refractivity contribution in [2.75, 3.05) is 37.8 Å². The van der Waals surface area contributed by atoms with Gasteiger partial charge in [-0.05, 0) is 0 Å². The molecule has 28 nitrogen and oxygen atoms in total. The number of thioether (sulfide) groups is 1. The molecule has 7 atom stereocenters. The molecule has 32 heteroatoms. The summed E-state index contributed by atoms with van der Waals surface area (Å²) in [4.78, 5) is 106. The van der Waals surface area contributed by atoms with Crippen LogP contribution in [-0.4, -0.2) is 145 Å². The first-order valence-electron chi connectivity index (χ1n) is 16.1. The summed E-state index contributed by atoms with van der Waals surface area (Å²) in [7, 11) is -16.4. The van der Waals surface area contributed by atoms with Gasteiger partial charge in [0.25, 0.3) is 5.97 Å². The van der Waals surface area contributed by atoms with E-state index in [0.29, 0.717) is 0 Å². The van der Waals surface area contributed by atoms with Crippen molar-refractivity contribution in [3.05, 3.63) is 12.7 Å². The third-order valence-corrected chi connectivity index (χ3v) is 11.0. The molecule has 2 amide bonds. The summed E-state index contributed by atoms with van der Waals surface area (Å²) < 4.78 is 61.8. The van der Waals surface area contributed by atoms with E-state index in [1.165, 1.54) is 13.8 Å². The second-order valence-corrected chi connectivity index (χ2v) is 17.8. The number of anilines is 1. The van der Waals surface area contributed by atoms with Crippen molar-refractivity contribution in [3.8, 4) is 0 Å². The van der Waals surface area contributed by atoms with Gasteiger partial charge in [-0.25, -0.2) is 28.6 Å². The van der Waals surface area contributed by atoms with Crippen LogP contribution in [0, 0.1) is 5.41 Å². The molecule has 328 valence electrons. The molecule has 0 saturated carbocycles. The highest BCUT2D eigenvalue weighted by molar-refractivity contribution is 8.13. The Balaban J connectivity index is 0.00000276. The highest BCUT2D eigenvalue weighted by Crippen LogP contribution is 2.61. The van der Waals surface area contributed by atoms with Crippen LogP contribution in [0.2, 0.25) is 0 Å². The number of aliphatic hydroxyl groups is 2. The van der Waals surface area contributed by atoms with Crippen LogP contribution >= 0.6 is 35.2 Å². The molecular formula is C26H42N7O21P3S. The Kier molecular flexibility index (Phi) is 18.9. The molecule has 1 saturated heterocycles. The fraction of sp³-hybridized carbons (Fsp3) is 0.615. The van der Waals surface area contributed by atoms with E-state index in [1.54, 1.807) is 0 Å². The molecule has 12 N–H and O–H groups in total. The summed E-state index contributed by atoms with van der Waals surface area (Å²) in [6, 6.07) is 0. The van der Waals surface area contributed by atoms with Crippen LogP contribution in [0.5, 0.6) is 0 Å². The van der Waals surface area contributed by atoms with E-state index < -0.39 is 108 Å². The van der Waals surface area contributed by atoms with Crippen LogP contribution in [-0.2, 0) is 60.3 Å². The summed E-state index contributed by atoms with van der Waals surface area (Å²) in [6.07, 6.45) is -7.78. The molecule has 0 bridgehead atoms. The zero-order valence-electron chi connectivity index (χ0n) is 30.5. The summed E-state index contributed by atoms with van der Waals surface area (Å²) in [5, 5.41) is 41.4. The fourth-order valence-electron chi connectivity index (χ4n) is 4.47. The number of carboxylic acid groups (broad SMARTS) is 2. The number of nitrogens with zero attached hydrogens (tertiary/aromatic N) is 4. The number of aromatic nitrogens is 4. The van der Waals surface area contributed by atoms with E-state index in [4.69, 9.17) is 34.5 Å². The normalized spacial score (nSPS) is 20.8. The maximum absolute atomic E-state index is 12.6. The van der Waals surface area contributed by atoms with Gasteiger partial charge in [-0.1, -0.05) is 25.6 Å². The molecule has 2 aromatic rings. The molecular weight excluding hydrogens is 871 g/mol. The van der Waals surface area contributed by atoms with E-state index >= 15 is 0 Å². The van der Waals surface area contributed by atoms with Gasteiger partial charge >= 0.3 is 29.4 Å². The number of hydrogen-bond donors (Lipinski definition) is 11. The Labute approximate surface area is 331 Å². The van der Waals surface area contributed by atoms with Gasteiger partial charge in [0, 0.05) is 37.6 Å². The maximum Gasteiger partial charge on any atom is 0.481 e. The molecule has 3 rings (SSSR count). The number of phosphoric acid groups is 3. The van der Waals surface area contributed by atoms with Crippen molar-refractivity contribution in [3.63, 3.8) is 0 Å². The lowest BCUT2D eigenvalue weighted by molar-refractivity contribution is -0.139. The molecule has 0 aromatic carbocycles. The molecule has 0 radical (unpaired) electrons. The lowest BCUT2D eigenvalue weighted by Gasteiger charge is -2.30. The molecule has 1 aliphatic rings. The van der Waals surface area contributed by atoms with E-state index in [1.807, 2.05) is 0 Å². The van der Waals surface area contributed by atoms with Crippen molar-refractivity contribution in [2.45, 2.75) is 64.3 Å². The maximum atomic E-state index is 12.6. The number of ether oxygens (including phenoxy) is 1. The number of carbonyl (C=O) groups excluding carboxylic acids is 3. The minimum absolute atomic E-state index is 0.0185. The van der Waals surface area contributed by atoms with Crippen molar-refractivity contribution in [1.82, 2.24) is 30.2 Å². The van der Waals surface area contributed by atoms with E-state index in [-0.39, 0.29) is 42.2 Å². The van der Waals surface area contributed by atoms with Crippen molar-refractivity contribution in [1.29, 1.82) is 0 Å². The topological polar surface area (TPSA) is 438 Å². The monoisotopic (exact) mass is 913 g/mol. The van der Waals surface area contributed by atoms with Crippen LogP contribution in [0.1, 0.15) is 39.8 Å². The van der Waals surface area contributed by atoms with Crippen molar-refractivity contribution < 1.29 is 100 Å². The van der Waals surface area contributed by atoms with Crippen LogP contribution in [0.15, 0.2) is 12.7 Å². The number of aliphatic carboxylic acids is 2. The molecule has 2 aromatic heterocycles. The predicted molar refractivity (Wildman–Crippen MR) is 193 cm³/mol. The Bertz CT molecular complexity index is 1930. The molecule has 0 aliphatic carbocycles. The van der Waals surface area contributed by atoms with Crippen LogP contribution < -0.4 is 16.4 Å². The van der Waals surface area contributed by atoms with Crippen LogP contribution in [0.4, 0.5) is 5.82 Å². The van der Waals surface area contributed by atoms with Gasteiger partial charge in [0.2, 0.25) is 11.8 Å². The van der Waals surface area contributed by atoms with Crippen molar-refractivity contribution >= 4 is 81.1 Å². The first kappa shape index (κ1) is 50.6. The highest BCUT2D eigenvalue weighted by Gasteiger charge is 2.50. The van der Waals surface area contributed by atoms with Gasteiger partial charge in [-0.2, -0.15) is 4.31 Å². The largest absolute Gasteiger partial charge is 0.481 e. The summed E-state index contributed by atoms with van der Waals surface area (Å²) >= 11 is 0.718. The third kappa shape index (κ3) is 17.0. The lowest BCUT2D eigenvalue weighted by atomic mass is 9.87.